The maximum absolute atomic E-state index is 13.2. The van der Waals surface area contributed by atoms with Gasteiger partial charge in [0, 0.05) is 29.1 Å². The average Bonchev–Trinajstić information content (AvgIpc) is 3.25. The summed E-state index contributed by atoms with van der Waals surface area (Å²) in [5, 5.41) is 8.39. The van der Waals surface area contributed by atoms with E-state index < -0.39 is 11.6 Å². The third-order valence-electron chi connectivity index (χ3n) is 4.90. The highest BCUT2D eigenvalue weighted by Gasteiger charge is 2.47. The number of hydrogen-bond donors (Lipinski definition) is 1. The normalized spacial score (nSPS) is 12.6. The van der Waals surface area contributed by atoms with Gasteiger partial charge in [0.15, 0.2) is 5.65 Å². The van der Waals surface area contributed by atoms with Crippen LogP contribution in [0.5, 0.6) is 0 Å². The first kappa shape index (κ1) is 19.9. The fourth-order valence-electron chi connectivity index (χ4n) is 3.15. The zero-order chi connectivity index (χ0) is 21.7. The van der Waals surface area contributed by atoms with E-state index in [1.807, 2.05) is 12.1 Å². The van der Waals surface area contributed by atoms with Crippen molar-refractivity contribution in [3.05, 3.63) is 48.7 Å². The van der Waals surface area contributed by atoms with Gasteiger partial charge >= 0.3 is 6.18 Å². The first-order valence-corrected chi connectivity index (χ1v) is 9.23. The van der Waals surface area contributed by atoms with Crippen molar-refractivity contribution in [1.29, 1.82) is 0 Å². The number of alkyl halides is 3. The number of halogens is 3. The largest absolute Gasteiger partial charge is 0.395 e. The van der Waals surface area contributed by atoms with Gasteiger partial charge in [-0.2, -0.15) is 23.4 Å². The zero-order valence-corrected chi connectivity index (χ0v) is 16.6. The number of aryl methyl sites for hydroxylation is 1. The summed E-state index contributed by atoms with van der Waals surface area (Å²) < 4.78 is 42.6. The minimum Gasteiger partial charge on any atom is -0.384 e. The van der Waals surface area contributed by atoms with Crippen molar-refractivity contribution < 1.29 is 13.2 Å². The van der Waals surface area contributed by atoms with Crippen LogP contribution in [0.15, 0.2) is 42.9 Å². The third kappa shape index (κ3) is 3.60. The average molecular weight is 415 g/mol. The summed E-state index contributed by atoms with van der Waals surface area (Å²) in [5.74, 6) is 0.971. The molecule has 0 aliphatic carbocycles. The fourth-order valence-corrected chi connectivity index (χ4v) is 3.15. The maximum atomic E-state index is 13.2. The molecule has 30 heavy (non-hydrogen) atoms. The van der Waals surface area contributed by atoms with Crippen molar-refractivity contribution in [2.24, 2.45) is 5.41 Å². The second-order valence-electron chi connectivity index (χ2n) is 7.82. The van der Waals surface area contributed by atoms with Crippen LogP contribution in [-0.4, -0.2) is 35.5 Å². The van der Waals surface area contributed by atoms with Gasteiger partial charge < -0.3 is 5.73 Å². The number of nitrogens with two attached hydrogens (primary N) is 1. The van der Waals surface area contributed by atoms with Gasteiger partial charge in [0.05, 0.1) is 23.9 Å². The Bertz CT molecular complexity index is 1220. The standard InChI is InChI=1S/C20H20F3N7/c1-12-26-17-8-13(6-7-30(17)28-12)18-15(4-5-16(24)27-18)14-9-25-29(10-14)11-19(2,3)20(21,22)23/h4-10H,11H2,1-3H3,(H2,24,27). The van der Waals surface area contributed by atoms with Crippen LogP contribution < -0.4 is 5.73 Å². The van der Waals surface area contributed by atoms with E-state index in [4.69, 9.17) is 5.73 Å². The first-order chi connectivity index (χ1) is 14.0. The molecule has 0 fully saturated rings. The number of aromatic nitrogens is 6. The monoisotopic (exact) mass is 415 g/mol. The van der Waals surface area contributed by atoms with E-state index in [0.717, 1.165) is 19.4 Å². The molecule has 2 N–H and O–H groups in total. The van der Waals surface area contributed by atoms with Crippen LogP contribution in [0, 0.1) is 12.3 Å². The lowest BCUT2D eigenvalue weighted by Crippen LogP contribution is -2.36. The molecule has 0 saturated carbocycles. The van der Waals surface area contributed by atoms with Gasteiger partial charge in [-0.05, 0) is 45.0 Å². The lowest BCUT2D eigenvalue weighted by Gasteiger charge is -2.27. The summed E-state index contributed by atoms with van der Waals surface area (Å²) in [4.78, 5) is 8.82. The van der Waals surface area contributed by atoms with Gasteiger partial charge in [0.2, 0.25) is 0 Å². The van der Waals surface area contributed by atoms with Gasteiger partial charge in [0.25, 0.3) is 0 Å². The highest BCUT2D eigenvalue weighted by molar-refractivity contribution is 5.82. The Hall–Kier alpha value is -3.43. The summed E-state index contributed by atoms with van der Waals surface area (Å²) in [6.45, 7) is 3.81. The Morgan fingerprint density at radius 2 is 1.83 bits per heavy atom. The van der Waals surface area contributed by atoms with E-state index in [1.54, 1.807) is 36.0 Å². The van der Waals surface area contributed by atoms with E-state index in [-0.39, 0.29) is 6.54 Å². The van der Waals surface area contributed by atoms with Gasteiger partial charge in [-0.3, -0.25) is 4.68 Å². The second kappa shape index (κ2) is 6.82. The molecule has 7 nitrogen and oxygen atoms in total. The van der Waals surface area contributed by atoms with E-state index >= 15 is 0 Å². The molecule has 0 unspecified atom stereocenters. The van der Waals surface area contributed by atoms with Gasteiger partial charge in [-0.1, -0.05) is 0 Å². The van der Waals surface area contributed by atoms with Crippen molar-refractivity contribution in [3.8, 4) is 22.4 Å². The third-order valence-corrected chi connectivity index (χ3v) is 4.90. The molecule has 0 bridgehead atoms. The topological polar surface area (TPSA) is 86.9 Å². The minimum atomic E-state index is -4.33. The van der Waals surface area contributed by atoms with E-state index in [2.05, 4.69) is 20.2 Å². The van der Waals surface area contributed by atoms with E-state index in [9.17, 15) is 13.2 Å². The molecule has 0 amide bonds. The summed E-state index contributed by atoms with van der Waals surface area (Å²) in [6.07, 6.45) is 0.556. The molecule has 4 aromatic heterocycles. The van der Waals surface area contributed by atoms with Crippen molar-refractivity contribution >= 4 is 11.5 Å². The molecular weight excluding hydrogens is 395 g/mol. The predicted molar refractivity (Wildman–Crippen MR) is 106 cm³/mol. The van der Waals surface area contributed by atoms with Crippen molar-refractivity contribution in [1.82, 2.24) is 29.4 Å². The number of anilines is 1. The molecule has 0 atom stereocenters. The molecule has 0 spiro atoms. The van der Waals surface area contributed by atoms with Crippen LogP contribution in [-0.2, 0) is 6.54 Å². The Balaban J connectivity index is 1.75. The first-order valence-electron chi connectivity index (χ1n) is 9.23. The number of nitrogen functional groups attached to an aromatic ring is 1. The molecule has 0 aliphatic heterocycles. The number of fused-ring (bicyclic) bond motifs is 1. The summed E-state index contributed by atoms with van der Waals surface area (Å²) in [7, 11) is 0. The number of nitrogens with zero attached hydrogens (tertiary/aromatic N) is 6. The molecule has 4 aromatic rings. The van der Waals surface area contributed by atoms with E-state index in [0.29, 0.717) is 34.1 Å². The van der Waals surface area contributed by atoms with Crippen molar-refractivity contribution in [2.45, 2.75) is 33.5 Å². The molecule has 4 rings (SSSR count). The van der Waals surface area contributed by atoms with Crippen LogP contribution in [0.2, 0.25) is 0 Å². The lowest BCUT2D eigenvalue weighted by atomic mass is 9.93. The predicted octanol–water partition coefficient (Wildman–Crippen LogP) is 4.13. The Labute approximate surface area is 170 Å². The molecule has 10 heteroatoms. The molecule has 0 radical (unpaired) electrons. The van der Waals surface area contributed by atoms with Gasteiger partial charge in [-0.25, -0.2) is 14.5 Å². The maximum Gasteiger partial charge on any atom is 0.395 e. The van der Waals surface area contributed by atoms with Crippen molar-refractivity contribution in [2.75, 3.05) is 5.73 Å². The van der Waals surface area contributed by atoms with Gasteiger partial charge in [-0.15, -0.1) is 0 Å². The van der Waals surface area contributed by atoms with Crippen LogP contribution >= 0.6 is 0 Å². The fraction of sp³-hybridized carbons (Fsp3) is 0.300. The molecule has 4 heterocycles. The number of pyridine rings is 2. The molecule has 0 saturated heterocycles. The van der Waals surface area contributed by atoms with Crippen molar-refractivity contribution in [3.63, 3.8) is 0 Å². The quantitative estimate of drug-likeness (QED) is 0.541. The summed E-state index contributed by atoms with van der Waals surface area (Å²) >= 11 is 0. The smallest absolute Gasteiger partial charge is 0.384 e. The Kier molecular flexibility index (Phi) is 4.52. The van der Waals surface area contributed by atoms with E-state index in [1.165, 1.54) is 10.9 Å². The molecule has 156 valence electrons. The minimum absolute atomic E-state index is 0.292. The lowest BCUT2D eigenvalue weighted by molar-refractivity contribution is -0.216. The van der Waals surface area contributed by atoms with Crippen LogP contribution in [0.3, 0.4) is 0 Å². The summed E-state index contributed by atoms with van der Waals surface area (Å²) in [5.41, 5.74) is 7.36. The Morgan fingerprint density at radius 1 is 1.07 bits per heavy atom. The summed E-state index contributed by atoms with van der Waals surface area (Å²) in [6, 6.07) is 7.11. The second-order valence-corrected chi connectivity index (χ2v) is 7.82. The highest BCUT2D eigenvalue weighted by Crippen LogP contribution is 2.39. The number of hydrogen-bond acceptors (Lipinski definition) is 5. The van der Waals surface area contributed by atoms with Crippen LogP contribution in [0.4, 0.5) is 19.0 Å². The molecule has 0 aromatic carbocycles. The highest BCUT2D eigenvalue weighted by atomic mass is 19.4. The number of rotatable bonds is 4. The van der Waals surface area contributed by atoms with Gasteiger partial charge in [0.1, 0.15) is 11.6 Å². The van der Waals surface area contributed by atoms with Crippen LogP contribution in [0.25, 0.3) is 28.0 Å². The Morgan fingerprint density at radius 3 is 2.57 bits per heavy atom. The zero-order valence-electron chi connectivity index (χ0n) is 16.6. The van der Waals surface area contributed by atoms with Crippen LogP contribution in [0.1, 0.15) is 19.7 Å². The molecule has 0 aliphatic rings. The SMILES string of the molecule is Cc1nc2cc(-c3nc(N)ccc3-c3cnn(CC(C)(C)C(F)(F)F)c3)ccn2n1. The molecular formula is C20H20F3N7.